The van der Waals surface area contributed by atoms with Crippen LogP contribution in [0.1, 0.15) is 35.3 Å². The van der Waals surface area contributed by atoms with E-state index in [4.69, 9.17) is 5.11 Å². The fourth-order valence-electron chi connectivity index (χ4n) is 2.81. The Hall–Kier alpha value is -2.74. The van der Waals surface area contributed by atoms with E-state index in [-0.39, 0.29) is 17.0 Å². The van der Waals surface area contributed by atoms with Crippen LogP contribution in [0.4, 0.5) is 4.39 Å². The minimum absolute atomic E-state index is 0.0628. The Kier molecular flexibility index (Phi) is 5.03. The number of aromatic carboxylic acids is 1. The van der Waals surface area contributed by atoms with Crippen molar-refractivity contribution >= 4 is 29.1 Å². The number of halogens is 1. The molecule has 1 fully saturated rings. The molecule has 2 aromatic rings. The number of hydrogen-bond donors (Lipinski definition) is 1. The van der Waals surface area contributed by atoms with E-state index in [1.807, 2.05) is 13.0 Å². The fourth-order valence-corrected chi connectivity index (χ4v) is 3.65. The maximum absolute atomic E-state index is 14.1. The molecule has 0 unspecified atom stereocenters. The number of carbonyl (C=O) groups excluding carboxylic acids is 2. The second-order valence-corrected chi connectivity index (χ2v) is 7.28. The van der Waals surface area contributed by atoms with Gasteiger partial charge in [0.1, 0.15) is 5.82 Å². The van der Waals surface area contributed by atoms with Gasteiger partial charge in [0.2, 0.25) is 0 Å². The van der Waals surface area contributed by atoms with E-state index >= 15 is 0 Å². The summed E-state index contributed by atoms with van der Waals surface area (Å²) in [6, 6.07) is 6.92. The van der Waals surface area contributed by atoms with Gasteiger partial charge in [0.05, 0.1) is 16.0 Å². The standard InChI is InChI=1S/C18H17FN2O4S/c1-11-2-5-15(26-11)17(23)21-8-6-20(7-9-21)16(22)13-4-3-12(18(24)25)10-14(13)19/h2-5,10H,6-9H2,1H3,(H,24,25). The van der Waals surface area contributed by atoms with E-state index in [9.17, 15) is 18.8 Å². The van der Waals surface area contributed by atoms with E-state index in [2.05, 4.69) is 0 Å². The summed E-state index contributed by atoms with van der Waals surface area (Å²) < 4.78 is 14.1. The van der Waals surface area contributed by atoms with Crippen molar-refractivity contribution in [2.24, 2.45) is 0 Å². The lowest BCUT2D eigenvalue weighted by atomic mass is 10.1. The first-order chi connectivity index (χ1) is 12.4. The van der Waals surface area contributed by atoms with Gasteiger partial charge in [-0.25, -0.2) is 9.18 Å². The zero-order valence-corrected chi connectivity index (χ0v) is 14.9. The summed E-state index contributed by atoms with van der Waals surface area (Å²) in [7, 11) is 0. The zero-order valence-electron chi connectivity index (χ0n) is 14.1. The lowest BCUT2D eigenvalue weighted by Crippen LogP contribution is -2.50. The first kappa shape index (κ1) is 18.1. The molecule has 1 aliphatic rings. The molecule has 3 rings (SSSR count). The molecule has 0 spiro atoms. The number of aryl methyl sites for hydroxylation is 1. The fraction of sp³-hybridized carbons (Fsp3) is 0.278. The molecule has 0 saturated carbocycles. The highest BCUT2D eigenvalue weighted by Gasteiger charge is 2.27. The Balaban J connectivity index is 1.65. The van der Waals surface area contributed by atoms with Gasteiger partial charge < -0.3 is 14.9 Å². The highest BCUT2D eigenvalue weighted by molar-refractivity contribution is 7.13. The van der Waals surface area contributed by atoms with E-state index in [1.165, 1.54) is 28.4 Å². The van der Waals surface area contributed by atoms with Gasteiger partial charge in [-0.3, -0.25) is 9.59 Å². The smallest absolute Gasteiger partial charge is 0.335 e. The Bertz CT molecular complexity index is 872. The van der Waals surface area contributed by atoms with Crippen molar-refractivity contribution in [3.8, 4) is 0 Å². The second-order valence-electron chi connectivity index (χ2n) is 5.99. The van der Waals surface area contributed by atoms with Crippen LogP contribution in [0, 0.1) is 12.7 Å². The highest BCUT2D eigenvalue weighted by atomic mass is 32.1. The van der Waals surface area contributed by atoms with E-state index in [1.54, 1.807) is 11.0 Å². The molecule has 1 aromatic carbocycles. The summed E-state index contributed by atoms with van der Waals surface area (Å²) in [5.41, 5.74) is -0.371. The van der Waals surface area contributed by atoms with Gasteiger partial charge in [-0.05, 0) is 37.3 Å². The third-order valence-electron chi connectivity index (χ3n) is 4.25. The first-order valence-electron chi connectivity index (χ1n) is 8.04. The van der Waals surface area contributed by atoms with Crippen molar-refractivity contribution in [3.63, 3.8) is 0 Å². The number of thiophene rings is 1. The predicted octanol–water partition coefficient (Wildman–Crippen LogP) is 2.49. The Morgan fingerprint density at radius 1 is 1.00 bits per heavy atom. The van der Waals surface area contributed by atoms with Crippen LogP contribution in [0.5, 0.6) is 0 Å². The number of benzene rings is 1. The molecule has 2 amide bonds. The SMILES string of the molecule is Cc1ccc(C(=O)N2CCN(C(=O)c3ccc(C(=O)O)cc3F)CC2)s1. The number of rotatable bonds is 3. The first-order valence-corrected chi connectivity index (χ1v) is 8.86. The molecular weight excluding hydrogens is 359 g/mol. The zero-order chi connectivity index (χ0) is 18.8. The summed E-state index contributed by atoms with van der Waals surface area (Å²) in [6.45, 7) is 3.28. The minimum Gasteiger partial charge on any atom is -0.478 e. The van der Waals surface area contributed by atoms with Crippen LogP contribution in [-0.2, 0) is 0 Å². The highest BCUT2D eigenvalue weighted by Crippen LogP contribution is 2.19. The normalized spacial score (nSPS) is 14.4. The molecule has 2 heterocycles. The van der Waals surface area contributed by atoms with Crippen molar-refractivity contribution < 1.29 is 23.9 Å². The molecule has 8 heteroatoms. The van der Waals surface area contributed by atoms with Gasteiger partial charge in [-0.1, -0.05) is 0 Å². The number of nitrogens with zero attached hydrogens (tertiary/aromatic N) is 2. The quantitative estimate of drug-likeness (QED) is 0.893. The minimum atomic E-state index is -1.25. The van der Waals surface area contributed by atoms with Crippen molar-refractivity contribution in [1.29, 1.82) is 0 Å². The molecule has 0 aliphatic carbocycles. The lowest BCUT2D eigenvalue weighted by molar-refractivity contribution is 0.0535. The summed E-state index contributed by atoms with van der Waals surface area (Å²) in [5, 5.41) is 8.87. The number of carbonyl (C=O) groups is 3. The van der Waals surface area contributed by atoms with Gasteiger partial charge in [-0.2, -0.15) is 0 Å². The average Bonchev–Trinajstić information content (AvgIpc) is 3.07. The number of carboxylic acids is 1. The molecule has 26 heavy (non-hydrogen) atoms. The van der Waals surface area contributed by atoms with Crippen molar-refractivity contribution in [3.05, 3.63) is 57.0 Å². The molecule has 136 valence electrons. The summed E-state index contributed by atoms with van der Waals surface area (Å²) in [5.74, 6) is -2.67. The van der Waals surface area contributed by atoms with Crippen LogP contribution >= 0.6 is 11.3 Å². The number of hydrogen-bond acceptors (Lipinski definition) is 4. The van der Waals surface area contributed by atoms with Crippen LogP contribution in [0.2, 0.25) is 0 Å². The molecule has 1 saturated heterocycles. The maximum atomic E-state index is 14.1. The molecular formula is C18H17FN2O4S. The number of amides is 2. The Morgan fingerprint density at radius 3 is 2.12 bits per heavy atom. The van der Waals surface area contributed by atoms with E-state index in [0.717, 1.165) is 10.9 Å². The third kappa shape index (κ3) is 3.60. The number of carboxylic acid groups (broad SMARTS) is 1. The largest absolute Gasteiger partial charge is 0.478 e. The van der Waals surface area contributed by atoms with Crippen molar-refractivity contribution in [2.75, 3.05) is 26.2 Å². The maximum Gasteiger partial charge on any atom is 0.335 e. The van der Waals surface area contributed by atoms with Crippen LogP contribution in [0.3, 0.4) is 0 Å². The average molecular weight is 376 g/mol. The van der Waals surface area contributed by atoms with Crippen LogP contribution in [0.15, 0.2) is 30.3 Å². The van der Waals surface area contributed by atoms with Gasteiger partial charge >= 0.3 is 5.97 Å². The summed E-state index contributed by atoms with van der Waals surface area (Å²) in [6.07, 6.45) is 0. The molecule has 0 radical (unpaired) electrons. The molecule has 0 bridgehead atoms. The Morgan fingerprint density at radius 2 is 1.62 bits per heavy atom. The predicted molar refractivity (Wildman–Crippen MR) is 94.2 cm³/mol. The van der Waals surface area contributed by atoms with E-state index < -0.39 is 17.7 Å². The molecule has 6 nitrogen and oxygen atoms in total. The number of piperazine rings is 1. The molecule has 0 atom stereocenters. The molecule has 1 aliphatic heterocycles. The summed E-state index contributed by atoms with van der Waals surface area (Å²) >= 11 is 1.43. The topological polar surface area (TPSA) is 77.9 Å². The third-order valence-corrected chi connectivity index (χ3v) is 5.24. The van der Waals surface area contributed by atoms with Crippen LogP contribution < -0.4 is 0 Å². The van der Waals surface area contributed by atoms with Gasteiger partial charge in [0.15, 0.2) is 0 Å². The van der Waals surface area contributed by atoms with Crippen molar-refractivity contribution in [2.45, 2.75) is 6.92 Å². The Labute approximate surface area is 153 Å². The van der Waals surface area contributed by atoms with Crippen LogP contribution in [0.25, 0.3) is 0 Å². The summed E-state index contributed by atoms with van der Waals surface area (Å²) in [4.78, 5) is 40.7. The molecule has 1 N–H and O–H groups in total. The van der Waals surface area contributed by atoms with Crippen LogP contribution in [-0.4, -0.2) is 58.9 Å². The van der Waals surface area contributed by atoms with E-state index in [0.29, 0.717) is 31.1 Å². The monoisotopic (exact) mass is 376 g/mol. The van der Waals surface area contributed by atoms with Gasteiger partial charge in [0, 0.05) is 31.1 Å². The van der Waals surface area contributed by atoms with Crippen molar-refractivity contribution in [1.82, 2.24) is 9.80 Å². The lowest BCUT2D eigenvalue weighted by Gasteiger charge is -2.34. The van der Waals surface area contributed by atoms with Gasteiger partial charge in [-0.15, -0.1) is 11.3 Å². The molecule has 1 aromatic heterocycles. The van der Waals surface area contributed by atoms with Gasteiger partial charge in [0.25, 0.3) is 11.8 Å². The second kappa shape index (κ2) is 7.25.